The number of likely N-dealkylation sites (N-methyl/N-ethyl adjacent to an activating group) is 1. The standard InChI is InChI=1S/C24H29NO3/c1-16(2)15-21(22(26)17(3)4)25(5)24(28)20-13-11-19(12-14-20)23(27)18-9-7-6-8-10-18/h6-14,16-17,21H,15H2,1-5H3. The summed E-state index contributed by atoms with van der Waals surface area (Å²) in [5, 5.41) is 0. The van der Waals surface area contributed by atoms with Crippen LogP contribution in [0.3, 0.4) is 0 Å². The predicted molar refractivity (Wildman–Crippen MR) is 111 cm³/mol. The molecule has 2 rings (SSSR count). The molecule has 0 bridgehead atoms. The fraction of sp³-hybridized carbons (Fsp3) is 0.375. The van der Waals surface area contributed by atoms with Crippen LogP contribution in [0.5, 0.6) is 0 Å². The molecule has 0 aromatic heterocycles. The molecule has 1 amide bonds. The largest absolute Gasteiger partial charge is 0.332 e. The third-order valence-electron chi connectivity index (χ3n) is 4.81. The first kappa shape index (κ1) is 21.5. The molecule has 1 atom stereocenters. The van der Waals surface area contributed by atoms with E-state index in [1.54, 1.807) is 43.4 Å². The maximum absolute atomic E-state index is 12.9. The normalized spacial score (nSPS) is 12.1. The van der Waals surface area contributed by atoms with Crippen molar-refractivity contribution in [3.05, 3.63) is 71.3 Å². The van der Waals surface area contributed by atoms with E-state index in [1.807, 2.05) is 45.9 Å². The Morgan fingerprint density at radius 1 is 0.786 bits per heavy atom. The second kappa shape index (κ2) is 9.45. The Hall–Kier alpha value is -2.75. The van der Waals surface area contributed by atoms with E-state index in [0.717, 1.165) is 0 Å². The number of benzene rings is 2. The Kier molecular flexibility index (Phi) is 7.27. The molecule has 4 heteroatoms. The van der Waals surface area contributed by atoms with Crippen molar-refractivity contribution >= 4 is 17.5 Å². The second-order valence-corrected chi connectivity index (χ2v) is 7.89. The summed E-state index contributed by atoms with van der Waals surface area (Å²) in [5.74, 6) is -0.0573. The van der Waals surface area contributed by atoms with E-state index in [0.29, 0.717) is 29.0 Å². The van der Waals surface area contributed by atoms with Crippen LogP contribution in [0.2, 0.25) is 0 Å². The van der Waals surface area contributed by atoms with Crippen LogP contribution < -0.4 is 0 Å². The van der Waals surface area contributed by atoms with E-state index < -0.39 is 6.04 Å². The first-order valence-electron chi connectivity index (χ1n) is 9.73. The molecule has 0 saturated carbocycles. The highest BCUT2D eigenvalue weighted by Crippen LogP contribution is 2.19. The van der Waals surface area contributed by atoms with Gasteiger partial charge in [-0.3, -0.25) is 14.4 Å². The summed E-state index contributed by atoms with van der Waals surface area (Å²) in [6, 6.07) is 15.2. The average molecular weight is 380 g/mol. The van der Waals surface area contributed by atoms with Crippen LogP contribution in [0.1, 0.15) is 60.4 Å². The number of carbonyl (C=O) groups excluding carboxylic acids is 3. The van der Waals surface area contributed by atoms with E-state index in [2.05, 4.69) is 0 Å². The van der Waals surface area contributed by atoms with Gasteiger partial charge in [0.25, 0.3) is 5.91 Å². The number of amides is 1. The van der Waals surface area contributed by atoms with Gasteiger partial charge in [0.1, 0.15) is 0 Å². The summed E-state index contributed by atoms with van der Waals surface area (Å²) < 4.78 is 0. The van der Waals surface area contributed by atoms with Gasteiger partial charge in [0.15, 0.2) is 11.6 Å². The monoisotopic (exact) mass is 379 g/mol. The maximum Gasteiger partial charge on any atom is 0.254 e. The Labute approximate surface area is 167 Å². The van der Waals surface area contributed by atoms with Crippen molar-refractivity contribution in [2.75, 3.05) is 7.05 Å². The third kappa shape index (κ3) is 5.16. The number of hydrogen-bond acceptors (Lipinski definition) is 3. The molecule has 0 heterocycles. The summed E-state index contributed by atoms with van der Waals surface area (Å²) >= 11 is 0. The van der Waals surface area contributed by atoms with E-state index in [-0.39, 0.29) is 23.4 Å². The zero-order valence-corrected chi connectivity index (χ0v) is 17.3. The lowest BCUT2D eigenvalue weighted by atomic mass is 9.92. The maximum atomic E-state index is 12.9. The van der Waals surface area contributed by atoms with Gasteiger partial charge in [0.05, 0.1) is 6.04 Å². The van der Waals surface area contributed by atoms with E-state index in [4.69, 9.17) is 0 Å². The summed E-state index contributed by atoms with van der Waals surface area (Å²) in [6.45, 7) is 7.81. The van der Waals surface area contributed by atoms with E-state index >= 15 is 0 Å². The van der Waals surface area contributed by atoms with Crippen LogP contribution >= 0.6 is 0 Å². The highest BCUT2D eigenvalue weighted by molar-refractivity contribution is 6.09. The second-order valence-electron chi connectivity index (χ2n) is 7.89. The highest BCUT2D eigenvalue weighted by Gasteiger charge is 2.29. The Morgan fingerprint density at radius 3 is 1.79 bits per heavy atom. The summed E-state index contributed by atoms with van der Waals surface area (Å²) in [5.41, 5.74) is 1.61. The van der Waals surface area contributed by atoms with Gasteiger partial charge in [-0.1, -0.05) is 70.2 Å². The molecule has 0 spiro atoms. The van der Waals surface area contributed by atoms with Crippen LogP contribution in [0.15, 0.2) is 54.6 Å². The minimum Gasteiger partial charge on any atom is -0.332 e. The predicted octanol–water partition coefficient (Wildman–Crippen LogP) is 4.63. The fourth-order valence-corrected chi connectivity index (χ4v) is 3.16. The summed E-state index contributed by atoms with van der Waals surface area (Å²) in [6.07, 6.45) is 0.629. The van der Waals surface area contributed by atoms with Gasteiger partial charge in [-0.25, -0.2) is 0 Å². The lowest BCUT2D eigenvalue weighted by molar-refractivity contribution is -0.126. The Morgan fingerprint density at radius 2 is 1.29 bits per heavy atom. The minimum atomic E-state index is -0.446. The van der Waals surface area contributed by atoms with Gasteiger partial charge in [0, 0.05) is 29.7 Å². The van der Waals surface area contributed by atoms with Gasteiger partial charge in [-0.15, -0.1) is 0 Å². The molecule has 4 nitrogen and oxygen atoms in total. The molecular formula is C24H29NO3. The van der Waals surface area contributed by atoms with Crippen molar-refractivity contribution in [2.24, 2.45) is 11.8 Å². The molecular weight excluding hydrogens is 350 g/mol. The number of nitrogens with zero attached hydrogens (tertiary/aromatic N) is 1. The molecule has 0 N–H and O–H groups in total. The molecule has 2 aromatic carbocycles. The highest BCUT2D eigenvalue weighted by atomic mass is 16.2. The van der Waals surface area contributed by atoms with Crippen molar-refractivity contribution in [1.82, 2.24) is 4.90 Å². The zero-order chi connectivity index (χ0) is 20.8. The van der Waals surface area contributed by atoms with Crippen molar-refractivity contribution < 1.29 is 14.4 Å². The van der Waals surface area contributed by atoms with Crippen molar-refractivity contribution in [2.45, 2.75) is 40.2 Å². The number of ketones is 2. The van der Waals surface area contributed by atoms with Gasteiger partial charge >= 0.3 is 0 Å². The van der Waals surface area contributed by atoms with Crippen LogP contribution in [0.4, 0.5) is 0 Å². The van der Waals surface area contributed by atoms with Gasteiger partial charge in [0.2, 0.25) is 0 Å². The lowest BCUT2D eigenvalue weighted by Crippen LogP contribution is -2.44. The van der Waals surface area contributed by atoms with Crippen LogP contribution in [-0.4, -0.2) is 35.5 Å². The molecule has 148 valence electrons. The smallest absolute Gasteiger partial charge is 0.254 e. The summed E-state index contributed by atoms with van der Waals surface area (Å²) in [7, 11) is 1.68. The third-order valence-corrected chi connectivity index (χ3v) is 4.81. The average Bonchev–Trinajstić information content (AvgIpc) is 2.70. The quantitative estimate of drug-likeness (QED) is 0.629. The molecule has 0 fully saturated rings. The molecule has 2 aromatic rings. The first-order valence-corrected chi connectivity index (χ1v) is 9.73. The van der Waals surface area contributed by atoms with Gasteiger partial charge < -0.3 is 4.90 Å². The molecule has 28 heavy (non-hydrogen) atoms. The van der Waals surface area contributed by atoms with Crippen LogP contribution in [0.25, 0.3) is 0 Å². The number of carbonyl (C=O) groups is 3. The minimum absolute atomic E-state index is 0.0698. The van der Waals surface area contributed by atoms with Crippen molar-refractivity contribution in [3.8, 4) is 0 Å². The van der Waals surface area contributed by atoms with E-state index in [9.17, 15) is 14.4 Å². The van der Waals surface area contributed by atoms with Crippen molar-refractivity contribution in [3.63, 3.8) is 0 Å². The zero-order valence-electron chi connectivity index (χ0n) is 17.3. The molecule has 0 aliphatic carbocycles. The Bertz CT molecular complexity index is 823. The molecule has 0 aliphatic heterocycles. The van der Waals surface area contributed by atoms with E-state index in [1.165, 1.54) is 4.90 Å². The number of hydrogen-bond donors (Lipinski definition) is 0. The number of rotatable bonds is 8. The van der Waals surface area contributed by atoms with Crippen LogP contribution in [0, 0.1) is 11.8 Å². The number of Topliss-reactive ketones (excluding diaryl/α,β-unsaturated/α-hetero) is 1. The van der Waals surface area contributed by atoms with Gasteiger partial charge in [-0.2, -0.15) is 0 Å². The first-order chi connectivity index (χ1) is 13.2. The molecule has 0 aliphatic rings. The topological polar surface area (TPSA) is 54.5 Å². The van der Waals surface area contributed by atoms with Crippen molar-refractivity contribution in [1.29, 1.82) is 0 Å². The van der Waals surface area contributed by atoms with Crippen LogP contribution in [-0.2, 0) is 4.79 Å². The SMILES string of the molecule is CC(C)CC(C(=O)C(C)C)N(C)C(=O)c1ccc(C(=O)c2ccccc2)cc1. The summed E-state index contributed by atoms with van der Waals surface area (Å²) in [4.78, 5) is 39.6. The Balaban J connectivity index is 2.20. The molecule has 0 saturated heterocycles. The fourth-order valence-electron chi connectivity index (χ4n) is 3.16. The molecule has 1 unspecified atom stereocenters. The molecule has 0 radical (unpaired) electrons. The lowest BCUT2D eigenvalue weighted by Gasteiger charge is -2.30. The van der Waals surface area contributed by atoms with Gasteiger partial charge in [-0.05, 0) is 24.5 Å².